The van der Waals surface area contributed by atoms with Crippen molar-refractivity contribution in [3.63, 3.8) is 0 Å². The largest absolute Gasteiger partial charge is 0.383 e. The normalized spacial score (nSPS) is 10.7. The maximum Gasteiger partial charge on any atom is 0.322 e. The summed E-state index contributed by atoms with van der Waals surface area (Å²) in [6, 6.07) is 17.9. The molecule has 0 aliphatic heterocycles. The third-order valence-electron chi connectivity index (χ3n) is 3.81. The number of urea groups is 1. The number of carbonyl (C=O) groups is 1. The third-order valence-corrected chi connectivity index (χ3v) is 4.67. The van der Waals surface area contributed by atoms with Crippen molar-refractivity contribution in [3.8, 4) is 0 Å². The number of carbonyl (C=O) groups excluding carboxylic acids is 1. The highest BCUT2D eigenvalue weighted by molar-refractivity contribution is 7.09. The molecule has 0 fully saturated rings. The van der Waals surface area contributed by atoms with Crippen molar-refractivity contribution in [1.82, 2.24) is 4.90 Å². The van der Waals surface area contributed by atoms with Gasteiger partial charge in [-0.1, -0.05) is 42.5 Å². The van der Waals surface area contributed by atoms with Gasteiger partial charge in [-0.2, -0.15) is 0 Å². The van der Waals surface area contributed by atoms with Crippen molar-refractivity contribution in [2.45, 2.75) is 6.54 Å². The molecular formula is C19H20N2O2S. The van der Waals surface area contributed by atoms with Gasteiger partial charge in [-0.05, 0) is 22.9 Å². The predicted molar refractivity (Wildman–Crippen MR) is 99.6 cm³/mol. The highest BCUT2D eigenvalue weighted by Gasteiger charge is 2.15. The summed E-state index contributed by atoms with van der Waals surface area (Å²) >= 11 is 1.65. The number of rotatable bonds is 6. The molecule has 0 saturated heterocycles. The number of nitrogens with zero attached hydrogens (tertiary/aromatic N) is 1. The first-order valence-electron chi connectivity index (χ1n) is 7.83. The van der Waals surface area contributed by atoms with Crippen LogP contribution in [0.25, 0.3) is 10.8 Å². The maximum atomic E-state index is 12.8. The van der Waals surface area contributed by atoms with Gasteiger partial charge in [0.25, 0.3) is 0 Å². The Morgan fingerprint density at radius 1 is 1.12 bits per heavy atom. The lowest BCUT2D eigenvalue weighted by Crippen LogP contribution is -2.36. The van der Waals surface area contributed by atoms with Crippen LogP contribution in [0.2, 0.25) is 0 Å². The number of anilines is 1. The van der Waals surface area contributed by atoms with Gasteiger partial charge in [0.1, 0.15) is 0 Å². The van der Waals surface area contributed by atoms with E-state index in [1.165, 1.54) is 0 Å². The summed E-state index contributed by atoms with van der Waals surface area (Å²) in [5, 5.41) is 7.21. The van der Waals surface area contributed by atoms with E-state index in [4.69, 9.17) is 4.74 Å². The number of hydrogen-bond donors (Lipinski definition) is 1. The Balaban J connectivity index is 1.78. The first-order chi connectivity index (χ1) is 11.8. The molecule has 0 aliphatic rings. The van der Waals surface area contributed by atoms with Crippen LogP contribution in [0.5, 0.6) is 0 Å². The Bertz CT molecular complexity index is 797. The number of fused-ring (bicyclic) bond motifs is 1. The molecule has 124 valence electrons. The average molecular weight is 340 g/mol. The molecule has 2 amide bonds. The first-order valence-corrected chi connectivity index (χ1v) is 8.71. The molecule has 0 bridgehead atoms. The fraction of sp³-hybridized carbons (Fsp3) is 0.211. The van der Waals surface area contributed by atoms with E-state index in [9.17, 15) is 4.79 Å². The van der Waals surface area contributed by atoms with E-state index in [2.05, 4.69) is 5.32 Å². The second-order valence-electron chi connectivity index (χ2n) is 5.45. The summed E-state index contributed by atoms with van der Waals surface area (Å²) in [6.45, 7) is 1.64. The zero-order chi connectivity index (χ0) is 16.8. The van der Waals surface area contributed by atoms with Gasteiger partial charge < -0.3 is 15.0 Å². The van der Waals surface area contributed by atoms with Gasteiger partial charge in [-0.3, -0.25) is 0 Å². The summed E-state index contributed by atoms with van der Waals surface area (Å²) in [4.78, 5) is 15.7. The minimum atomic E-state index is -0.114. The second kappa shape index (κ2) is 7.95. The van der Waals surface area contributed by atoms with Crippen LogP contribution in [-0.2, 0) is 11.3 Å². The van der Waals surface area contributed by atoms with Crippen LogP contribution in [0.3, 0.4) is 0 Å². The molecule has 0 saturated carbocycles. The number of ether oxygens (including phenoxy) is 1. The maximum absolute atomic E-state index is 12.8. The molecule has 2 aromatic carbocycles. The van der Waals surface area contributed by atoms with Crippen molar-refractivity contribution in [3.05, 3.63) is 64.9 Å². The van der Waals surface area contributed by atoms with E-state index in [1.807, 2.05) is 60.0 Å². The smallest absolute Gasteiger partial charge is 0.322 e. The average Bonchev–Trinajstić information content (AvgIpc) is 3.12. The molecule has 5 heteroatoms. The SMILES string of the molecule is COCCN(Cc1cccs1)C(=O)Nc1cccc2ccccc12. The summed E-state index contributed by atoms with van der Waals surface area (Å²) in [6.07, 6.45) is 0. The van der Waals surface area contributed by atoms with Gasteiger partial charge >= 0.3 is 6.03 Å². The second-order valence-corrected chi connectivity index (χ2v) is 6.48. The molecule has 3 rings (SSSR count). The molecule has 1 heterocycles. The monoisotopic (exact) mass is 340 g/mol. The highest BCUT2D eigenvalue weighted by atomic mass is 32.1. The Morgan fingerprint density at radius 2 is 1.96 bits per heavy atom. The Kier molecular flexibility index (Phi) is 5.46. The molecule has 1 aromatic heterocycles. The van der Waals surface area contributed by atoms with Gasteiger partial charge in [0, 0.05) is 23.9 Å². The fourth-order valence-electron chi connectivity index (χ4n) is 2.57. The molecular weight excluding hydrogens is 320 g/mol. The standard InChI is InChI=1S/C19H20N2O2S/c1-23-12-11-21(14-16-8-5-13-24-16)19(22)20-18-10-4-7-15-6-2-3-9-17(15)18/h2-10,13H,11-12,14H2,1H3,(H,20,22). The number of amides is 2. The van der Waals surface area contributed by atoms with E-state index >= 15 is 0 Å². The minimum absolute atomic E-state index is 0.114. The third kappa shape index (κ3) is 3.93. The van der Waals surface area contributed by atoms with Crippen LogP contribution >= 0.6 is 11.3 Å². The first kappa shape index (κ1) is 16.5. The number of hydrogen-bond acceptors (Lipinski definition) is 3. The zero-order valence-electron chi connectivity index (χ0n) is 13.6. The minimum Gasteiger partial charge on any atom is -0.383 e. The van der Waals surface area contributed by atoms with Gasteiger partial charge in [0.15, 0.2) is 0 Å². The lowest BCUT2D eigenvalue weighted by atomic mass is 10.1. The predicted octanol–water partition coefficient (Wildman–Crippen LogP) is 4.58. The van der Waals surface area contributed by atoms with Gasteiger partial charge in [-0.25, -0.2) is 4.79 Å². The van der Waals surface area contributed by atoms with Gasteiger partial charge in [-0.15, -0.1) is 11.3 Å². The lowest BCUT2D eigenvalue weighted by Gasteiger charge is -2.22. The Hall–Kier alpha value is -2.37. The topological polar surface area (TPSA) is 41.6 Å². The molecule has 0 aliphatic carbocycles. The molecule has 4 nitrogen and oxygen atoms in total. The molecule has 0 unspecified atom stereocenters. The van der Waals surface area contributed by atoms with Crippen molar-refractivity contribution in [2.24, 2.45) is 0 Å². The molecule has 0 spiro atoms. The highest BCUT2D eigenvalue weighted by Crippen LogP contribution is 2.23. The van der Waals surface area contributed by atoms with E-state index < -0.39 is 0 Å². The number of nitrogens with one attached hydrogen (secondary N) is 1. The summed E-state index contributed by atoms with van der Waals surface area (Å²) in [5.41, 5.74) is 0.826. The van der Waals surface area contributed by atoms with Gasteiger partial charge in [0.05, 0.1) is 18.8 Å². The Morgan fingerprint density at radius 3 is 2.75 bits per heavy atom. The van der Waals surface area contributed by atoms with Crippen LogP contribution in [-0.4, -0.2) is 31.2 Å². The van der Waals surface area contributed by atoms with Crippen molar-refractivity contribution in [1.29, 1.82) is 0 Å². The summed E-state index contributed by atoms with van der Waals surface area (Å²) < 4.78 is 5.14. The number of benzene rings is 2. The zero-order valence-corrected chi connectivity index (χ0v) is 14.4. The van der Waals surface area contributed by atoms with E-state index in [0.717, 1.165) is 21.3 Å². The van der Waals surface area contributed by atoms with Crippen LogP contribution in [0.15, 0.2) is 60.0 Å². The Labute approximate surface area is 145 Å². The van der Waals surface area contributed by atoms with Crippen LogP contribution in [0.1, 0.15) is 4.88 Å². The fourth-order valence-corrected chi connectivity index (χ4v) is 3.29. The molecule has 3 aromatic rings. The van der Waals surface area contributed by atoms with Crippen LogP contribution in [0, 0.1) is 0 Å². The van der Waals surface area contributed by atoms with E-state index in [-0.39, 0.29) is 6.03 Å². The molecule has 24 heavy (non-hydrogen) atoms. The summed E-state index contributed by atoms with van der Waals surface area (Å²) in [5.74, 6) is 0. The van der Waals surface area contributed by atoms with Crippen molar-refractivity contribution in [2.75, 3.05) is 25.6 Å². The number of thiophene rings is 1. The molecule has 1 N–H and O–H groups in total. The van der Waals surface area contributed by atoms with E-state index in [1.54, 1.807) is 23.3 Å². The lowest BCUT2D eigenvalue weighted by molar-refractivity contribution is 0.153. The van der Waals surface area contributed by atoms with Crippen LogP contribution < -0.4 is 5.32 Å². The van der Waals surface area contributed by atoms with Crippen LogP contribution in [0.4, 0.5) is 10.5 Å². The molecule has 0 radical (unpaired) electrons. The molecule has 0 atom stereocenters. The van der Waals surface area contributed by atoms with Crippen molar-refractivity contribution >= 4 is 33.8 Å². The number of methoxy groups -OCH3 is 1. The quantitative estimate of drug-likeness (QED) is 0.713. The summed E-state index contributed by atoms with van der Waals surface area (Å²) in [7, 11) is 1.64. The van der Waals surface area contributed by atoms with Gasteiger partial charge in [0.2, 0.25) is 0 Å². The van der Waals surface area contributed by atoms with E-state index in [0.29, 0.717) is 19.7 Å². The van der Waals surface area contributed by atoms with Crippen molar-refractivity contribution < 1.29 is 9.53 Å².